The topological polar surface area (TPSA) is 62.5 Å². The predicted octanol–water partition coefficient (Wildman–Crippen LogP) is 3.91. The second-order valence-electron chi connectivity index (χ2n) is 3.89. The molecule has 2 N–H and O–H groups in total. The Bertz CT molecular complexity index is 565. The number of nitrogens with one attached hydrogen (secondary N) is 1. The minimum absolute atomic E-state index is 0.0413. The average Bonchev–Trinajstić information content (AvgIpc) is 2.76. The van der Waals surface area contributed by atoms with Crippen LogP contribution in [-0.2, 0) is 0 Å². The van der Waals surface area contributed by atoms with E-state index in [9.17, 15) is 4.79 Å². The van der Waals surface area contributed by atoms with Gasteiger partial charge in [-0.05, 0) is 53.2 Å². The monoisotopic (exact) mass is 309 g/mol. The summed E-state index contributed by atoms with van der Waals surface area (Å²) in [6.07, 6.45) is 0. The number of rotatable bonds is 4. The van der Waals surface area contributed by atoms with Crippen LogP contribution in [0.1, 0.15) is 29.1 Å². The van der Waals surface area contributed by atoms with Crippen LogP contribution in [0.3, 0.4) is 0 Å². The number of halogens is 1. The normalized spacial score (nSPS) is 12.1. The number of anilines is 1. The second kappa shape index (κ2) is 5.27. The van der Waals surface area contributed by atoms with E-state index in [0.717, 1.165) is 11.4 Å². The summed E-state index contributed by atoms with van der Waals surface area (Å²) in [7, 11) is 0. The number of hydrogen-bond donors (Lipinski definition) is 2. The van der Waals surface area contributed by atoms with E-state index in [1.165, 1.54) is 0 Å². The minimum Gasteiger partial charge on any atom is -0.478 e. The summed E-state index contributed by atoms with van der Waals surface area (Å²) in [6.45, 7) is 1.94. The van der Waals surface area contributed by atoms with E-state index in [2.05, 4.69) is 21.2 Å². The van der Waals surface area contributed by atoms with Gasteiger partial charge in [-0.2, -0.15) is 0 Å². The molecule has 1 atom stereocenters. The molecular formula is C13H12BrNO3. The first-order chi connectivity index (χ1) is 8.56. The summed E-state index contributed by atoms with van der Waals surface area (Å²) in [5, 5.41) is 12.1. The van der Waals surface area contributed by atoms with Gasteiger partial charge in [0, 0.05) is 5.69 Å². The Balaban J connectivity index is 2.14. The van der Waals surface area contributed by atoms with Gasteiger partial charge in [-0.1, -0.05) is 6.07 Å². The maximum Gasteiger partial charge on any atom is 0.335 e. The van der Waals surface area contributed by atoms with Gasteiger partial charge >= 0.3 is 5.97 Å². The predicted molar refractivity (Wildman–Crippen MR) is 71.8 cm³/mol. The van der Waals surface area contributed by atoms with Crippen molar-refractivity contribution in [3.8, 4) is 0 Å². The zero-order chi connectivity index (χ0) is 13.1. The number of hydrogen-bond acceptors (Lipinski definition) is 3. The highest BCUT2D eigenvalue weighted by Crippen LogP contribution is 2.24. The van der Waals surface area contributed by atoms with Gasteiger partial charge in [0.1, 0.15) is 5.76 Å². The first-order valence-corrected chi connectivity index (χ1v) is 6.20. The number of carbonyl (C=O) groups is 1. The van der Waals surface area contributed by atoms with Crippen molar-refractivity contribution in [3.05, 3.63) is 52.4 Å². The van der Waals surface area contributed by atoms with E-state index in [4.69, 9.17) is 9.52 Å². The van der Waals surface area contributed by atoms with Crippen LogP contribution in [0.25, 0.3) is 0 Å². The third kappa shape index (κ3) is 2.92. The molecule has 0 aliphatic rings. The molecule has 0 aliphatic heterocycles. The zero-order valence-corrected chi connectivity index (χ0v) is 11.3. The summed E-state index contributed by atoms with van der Waals surface area (Å²) in [5.74, 6) is -0.158. The van der Waals surface area contributed by atoms with Gasteiger partial charge in [-0.25, -0.2) is 4.79 Å². The Kier molecular flexibility index (Phi) is 3.72. The lowest BCUT2D eigenvalue weighted by molar-refractivity contribution is 0.0697. The third-order valence-electron chi connectivity index (χ3n) is 2.51. The minimum atomic E-state index is -0.938. The fourth-order valence-corrected chi connectivity index (χ4v) is 1.94. The van der Waals surface area contributed by atoms with Crippen molar-refractivity contribution in [2.24, 2.45) is 0 Å². The SMILES string of the molecule is CC(Nc1cccc(C(=O)O)c1)c1ccc(Br)o1. The lowest BCUT2D eigenvalue weighted by Gasteiger charge is -2.13. The molecule has 2 rings (SSSR count). The van der Waals surface area contributed by atoms with Crippen molar-refractivity contribution < 1.29 is 14.3 Å². The van der Waals surface area contributed by atoms with E-state index in [-0.39, 0.29) is 11.6 Å². The summed E-state index contributed by atoms with van der Waals surface area (Å²) in [5.41, 5.74) is 1.00. The maximum absolute atomic E-state index is 10.9. The highest BCUT2D eigenvalue weighted by Gasteiger charge is 2.10. The summed E-state index contributed by atoms with van der Waals surface area (Å²) in [6, 6.07) is 10.3. The van der Waals surface area contributed by atoms with E-state index in [1.54, 1.807) is 18.2 Å². The summed E-state index contributed by atoms with van der Waals surface area (Å²) in [4.78, 5) is 10.9. The molecule has 0 aliphatic carbocycles. The molecule has 1 aromatic heterocycles. The fraction of sp³-hybridized carbons (Fsp3) is 0.154. The van der Waals surface area contributed by atoms with Crippen molar-refractivity contribution in [3.63, 3.8) is 0 Å². The van der Waals surface area contributed by atoms with Gasteiger partial charge < -0.3 is 14.8 Å². The van der Waals surface area contributed by atoms with Crippen molar-refractivity contribution >= 4 is 27.6 Å². The molecule has 0 fully saturated rings. The van der Waals surface area contributed by atoms with Gasteiger partial charge in [0.05, 0.1) is 11.6 Å². The summed E-state index contributed by atoms with van der Waals surface area (Å²) < 4.78 is 6.10. The third-order valence-corrected chi connectivity index (χ3v) is 2.94. The second-order valence-corrected chi connectivity index (χ2v) is 4.68. The first kappa shape index (κ1) is 12.7. The highest BCUT2D eigenvalue weighted by atomic mass is 79.9. The summed E-state index contributed by atoms with van der Waals surface area (Å²) >= 11 is 3.24. The zero-order valence-electron chi connectivity index (χ0n) is 9.68. The van der Waals surface area contributed by atoms with E-state index in [0.29, 0.717) is 4.67 Å². The molecule has 1 heterocycles. The Morgan fingerprint density at radius 3 is 2.78 bits per heavy atom. The molecule has 0 saturated heterocycles. The molecule has 0 amide bonds. The number of aromatic carboxylic acids is 1. The molecule has 18 heavy (non-hydrogen) atoms. The van der Waals surface area contributed by atoms with Gasteiger partial charge in [0.2, 0.25) is 0 Å². The number of furan rings is 1. The van der Waals surface area contributed by atoms with E-state index < -0.39 is 5.97 Å². The van der Waals surface area contributed by atoms with Crippen molar-refractivity contribution in [2.75, 3.05) is 5.32 Å². The van der Waals surface area contributed by atoms with Crippen LogP contribution in [0.2, 0.25) is 0 Å². The van der Waals surface area contributed by atoms with Crippen LogP contribution in [0, 0.1) is 0 Å². The van der Waals surface area contributed by atoms with E-state index in [1.807, 2.05) is 25.1 Å². The molecule has 0 saturated carbocycles. The molecule has 2 aromatic rings. The Morgan fingerprint density at radius 2 is 2.17 bits per heavy atom. The van der Waals surface area contributed by atoms with Crippen LogP contribution in [0.4, 0.5) is 5.69 Å². The molecule has 0 radical (unpaired) electrons. The largest absolute Gasteiger partial charge is 0.478 e. The standard InChI is InChI=1S/C13H12BrNO3/c1-8(11-5-6-12(14)18-11)15-10-4-2-3-9(7-10)13(16)17/h2-8,15H,1H3,(H,16,17). The van der Waals surface area contributed by atoms with Gasteiger partial charge in [-0.3, -0.25) is 0 Å². The van der Waals surface area contributed by atoms with E-state index >= 15 is 0 Å². The Morgan fingerprint density at radius 1 is 1.39 bits per heavy atom. The van der Waals surface area contributed by atoms with Gasteiger partial charge in [-0.15, -0.1) is 0 Å². The van der Waals surface area contributed by atoms with Crippen LogP contribution >= 0.6 is 15.9 Å². The first-order valence-electron chi connectivity index (χ1n) is 5.41. The average molecular weight is 310 g/mol. The number of benzene rings is 1. The molecule has 94 valence electrons. The highest BCUT2D eigenvalue weighted by molar-refractivity contribution is 9.10. The molecule has 5 heteroatoms. The number of carboxylic acids is 1. The molecule has 0 spiro atoms. The van der Waals surface area contributed by atoms with Crippen LogP contribution in [-0.4, -0.2) is 11.1 Å². The van der Waals surface area contributed by atoms with Crippen molar-refractivity contribution in [1.29, 1.82) is 0 Å². The van der Waals surface area contributed by atoms with Crippen molar-refractivity contribution in [1.82, 2.24) is 0 Å². The number of carboxylic acid groups (broad SMARTS) is 1. The fourth-order valence-electron chi connectivity index (χ4n) is 1.62. The lowest BCUT2D eigenvalue weighted by atomic mass is 10.2. The lowest BCUT2D eigenvalue weighted by Crippen LogP contribution is -2.06. The molecule has 0 bridgehead atoms. The smallest absolute Gasteiger partial charge is 0.335 e. The van der Waals surface area contributed by atoms with Crippen LogP contribution in [0.15, 0.2) is 45.5 Å². The van der Waals surface area contributed by atoms with Crippen LogP contribution in [0.5, 0.6) is 0 Å². The van der Waals surface area contributed by atoms with Gasteiger partial charge in [0.15, 0.2) is 4.67 Å². The maximum atomic E-state index is 10.9. The van der Waals surface area contributed by atoms with Crippen LogP contribution < -0.4 is 5.32 Å². The molecular weight excluding hydrogens is 298 g/mol. The Labute approximate surface area is 113 Å². The quantitative estimate of drug-likeness (QED) is 0.898. The van der Waals surface area contributed by atoms with Crippen molar-refractivity contribution in [2.45, 2.75) is 13.0 Å². The van der Waals surface area contributed by atoms with Gasteiger partial charge in [0.25, 0.3) is 0 Å². The Hall–Kier alpha value is -1.75. The molecule has 1 aromatic carbocycles. The molecule has 1 unspecified atom stereocenters. The molecule has 4 nitrogen and oxygen atoms in total.